The van der Waals surface area contributed by atoms with Crippen LogP contribution in [0.3, 0.4) is 0 Å². The summed E-state index contributed by atoms with van der Waals surface area (Å²) in [6, 6.07) is 7.36. The Morgan fingerprint density at radius 3 is 2.50 bits per heavy atom. The van der Waals surface area contributed by atoms with Crippen molar-refractivity contribution in [1.29, 1.82) is 0 Å². The van der Waals surface area contributed by atoms with Gasteiger partial charge in [-0.2, -0.15) is 0 Å². The molecule has 0 amide bonds. The minimum Gasteiger partial charge on any atom is -0.388 e. The summed E-state index contributed by atoms with van der Waals surface area (Å²) >= 11 is 5.97. The van der Waals surface area contributed by atoms with Crippen LogP contribution >= 0.6 is 11.6 Å². The van der Waals surface area contributed by atoms with Gasteiger partial charge in [0.2, 0.25) is 0 Å². The maximum atomic E-state index is 9.16. The van der Waals surface area contributed by atoms with E-state index >= 15 is 0 Å². The van der Waals surface area contributed by atoms with Crippen LogP contribution in [-0.2, 0) is 9.47 Å². The van der Waals surface area contributed by atoms with Gasteiger partial charge < -0.3 is 14.6 Å². The molecule has 0 saturated carbocycles. The Morgan fingerprint density at radius 1 is 1.21 bits per heavy atom. The van der Waals surface area contributed by atoms with Crippen molar-refractivity contribution in [3.63, 3.8) is 0 Å². The van der Waals surface area contributed by atoms with E-state index in [4.69, 9.17) is 26.2 Å². The van der Waals surface area contributed by atoms with Crippen LogP contribution in [0.2, 0.25) is 5.02 Å². The SMILES string of the molecule is OC1COC(c2ccccc2Cl)OC1. The average molecular weight is 215 g/mol. The van der Waals surface area contributed by atoms with E-state index in [1.807, 2.05) is 18.2 Å². The van der Waals surface area contributed by atoms with E-state index in [-0.39, 0.29) is 13.2 Å². The smallest absolute Gasteiger partial charge is 0.185 e. The van der Waals surface area contributed by atoms with Crippen molar-refractivity contribution >= 4 is 11.6 Å². The Kier molecular flexibility index (Phi) is 3.03. The zero-order valence-corrected chi connectivity index (χ0v) is 8.28. The fourth-order valence-electron chi connectivity index (χ4n) is 1.34. The van der Waals surface area contributed by atoms with E-state index in [0.29, 0.717) is 5.02 Å². The summed E-state index contributed by atoms with van der Waals surface area (Å²) < 4.78 is 10.6. The van der Waals surface area contributed by atoms with Crippen LogP contribution in [0.25, 0.3) is 0 Å². The highest BCUT2D eigenvalue weighted by Crippen LogP contribution is 2.28. The van der Waals surface area contributed by atoms with Crippen molar-refractivity contribution in [1.82, 2.24) is 0 Å². The highest BCUT2D eigenvalue weighted by atomic mass is 35.5. The van der Waals surface area contributed by atoms with Gasteiger partial charge in [0, 0.05) is 10.6 Å². The zero-order chi connectivity index (χ0) is 9.97. The van der Waals surface area contributed by atoms with Gasteiger partial charge in [-0.05, 0) is 6.07 Å². The molecule has 76 valence electrons. The molecule has 1 heterocycles. The minimum atomic E-state index is -0.534. The average Bonchev–Trinajstić information content (AvgIpc) is 2.20. The molecule has 0 bridgehead atoms. The first-order chi connectivity index (χ1) is 6.77. The number of benzene rings is 1. The van der Waals surface area contributed by atoms with Crippen molar-refractivity contribution in [2.45, 2.75) is 12.4 Å². The molecule has 1 aliphatic rings. The Labute approximate surface area is 87.2 Å². The van der Waals surface area contributed by atoms with Gasteiger partial charge in [0.25, 0.3) is 0 Å². The Hall–Kier alpha value is -0.610. The number of aliphatic hydroxyl groups excluding tert-OH is 1. The second-order valence-corrected chi connectivity index (χ2v) is 3.58. The van der Waals surface area contributed by atoms with Gasteiger partial charge in [-0.25, -0.2) is 0 Å². The normalized spacial score (nSPS) is 27.6. The number of hydrogen-bond donors (Lipinski definition) is 1. The van der Waals surface area contributed by atoms with Crippen molar-refractivity contribution in [2.75, 3.05) is 13.2 Å². The topological polar surface area (TPSA) is 38.7 Å². The molecule has 0 radical (unpaired) electrons. The summed E-state index contributed by atoms with van der Waals surface area (Å²) in [4.78, 5) is 0. The molecular formula is C10H11ClO3. The van der Waals surface area contributed by atoms with E-state index in [2.05, 4.69) is 0 Å². The fraction of sp³-hybridized carbons (Fsp3) is 0.400. The van der Waals surface area contributed by atoms with E-state index in [1.54, 1.807) is 6.07 Å². The monoisotopic (exact) mass is 214 g/mol. The van der Waals surface area contributed by atoms with Crippen LogP contribution in [0.15, 0.2) is 24.3 Å². The molecule has 1 saturated heterocycles. The van der Waals surface area contributed by atoms with Crippen molar-refractivity contribution in [3.05, 3.63) is 34.9 Å². The maximum absolute atomic E-state index is 9.16. The highest BCUT2D eigenvalue weighted by Gasteiger charge is 2.23. The van der Waals surface area contributed by atoms with Crippen LogP contribution in [0.5, 0.6) is 0 Å². The molecule has 1 aliphatic heterocycles. The lowest BCUT2D eigenvalue weighted by atomic mass is 10.2. The summed E-state index contributed by atoms with van der Waals surface area (Å²) in [5.41, 5.74) is 0.807. The lowest BCUT2D eigenvalue weighted by molar-refractivity contribution is -0.220. The van der Waals surface area contributed by atoms with Crippen molar-refractivity contribution in [2.24, 2.45) is 0 Å². The Morgan fingerprint density at radius 2 is 1.86 bits per heavy atom. The fourth-order valence-corrected chi connectivity index (χ4v) is 1.56. The molecule has 0 spiro atoms. The standard InChI is InChI=1S/C10H11ClO3/c11-9-4-2-1-3-8(9)10-13-5-7(12)6-14-10/h1-4,7,10,12H,5-6H2. The Balaban J connectivity index is 2.12. The van der Waals surface area contributed by atoms with Gasteiger partial charge in [0.05, 0.1) is 13.2 Å². The molecule has 1 fully saturated rings. The molecule has 0 aliphatic carbocycles. The number of ether oxygens (including phenoxy) is 2. The van der Waals surface area contributed by atoms with E-state index in [1.165, 1.54) is 0 Å². The lowest BCUT2D eigenvalue weighted by Gasteiger charge is -2.27. The van der Waals surface area contributed by atoms with Crippen LogP contribution in [-0.4, -0.2) is 24.4 Å². The van der Waals surface area contributed by atoms with Gasteiger partial charge in [-0.15, -0.1) is 0 Å². The minimum absolute atomic E-state index is 0.288. The van der Waals surface area contributed by atoms with Gasteiger partial charge in [0.15, 0.2) is 6.29 Å². The molecule has 0 aromatic heterocycles. The number of hydrogen-bond acceptors (Lipinski definition) is 3. The second kappa shape index (κ2) is 4.28. The van der Waals surface area contributed by atoms with Crippen LogP contribution < -0.4 is 0 Å². The van der Waals surface area contributed by atoms with Crippen LogP contribution in [0.1, 0.15) is 11.9 Å². The summed E-state index contributed by atoms with van der Waals surface area (Å²) in [6.45, 7) is 0.575. The molecule has 4 heteroatoms. The third-order valence-electron chi connectivity index (χ3n) is 2.04. The predicted molar refractivity (Wildman–Crippen MR) is 52.1 cm³/mol. The number of rotatable bonds is 1. The van der Waals surface area contributed by atoms with Gasteiger partial charge >= 0.3 is 0 Å². The molecular weight excluding hydrogens is 204 g/mol. The first kappa shape index (κ1) is 9.93. The molecule has 2 rings (SSSR count). The molecule has 1 aromatic carbocycles. The second-order valence-electron chi connectivity index (χ2n) is 3.17. The predicted octanol–water partition coefficient (Wildman–Crippen LogP) is 1.75. The molecule has 14 heavy (non-hydrogen) atoms. The summed E-state index contributed by atoms with van der Waals surface area (Å²) in [5.74, 6) is 0. The van der Waals surface area contributed by atoms with Gasteiger partial charge in [-0.3, -0.25) is 0 Å². The van der Waals surface area contributed by atoms with E-state index in [0.717, 1.165) is 5.56 Å². The van der Waals surface area contributed by atoms with Gasteiger partial charge in [-0.1, -0.05) is 29.8 Å². The van der Waals surface area contributed by atoms with Crippen LogP contribution in [0.4, 0.5) is 0 Å². The van der Waals surface area contributed by atoms with Crippen molar-refractivity contribution < 1.29 is 14.6 Å². The highest BCUT2D eigenvalue weighted by molar-refractivity contribution is 6.31. The molecule has 0 unspecified atom stereocenters. The third kappa shape index (κ3) is 2.07. The molecule has 1 aromatic rings. The quantitative estimate of drug-likeness (QED) is 0.774. The van der Waals surface area contributed by atoms with Crippen LogP contribution in [0, 0.1) is 0 Å². The first-order valence-corrected chi connectivity index (χ1v) is 4.81. The molecule has 3 nitrogen and oxygen atoms in total. The lowest BCUT2D eigenvalue weighted by Crippen LogP contribution is -2.31. The van der Waals surface area contributed by atoms with E-state index < -0.39 is 12.4 Å². The van der Waals surface area contributed by atoms with Gasteiger partial charge in [0.1, 0.15) is 6.10 Å². The van der Waals surface area contributed by atoms with E-state index in [9.17, 15) is 0 Å². The summed E-state index contributed by atoms with van der Waals surface area (Å²) in [7, 11) is 0. The molecule has 1 N–H and O–H groups in total. The third-order valence-corrected chi connectivity index (χ3v) is 2.38. The van der Waals surface area contributed by atoms with Crippen molar-refractivity contribution in [3.8, 4) is 0 Å². The summed E-state index contributed by atoms with van der Waals surface area (Å²) in [6.07, 6.45) is -0.985. The number of aliphatic hydroxyl groups is 1. The molecule has 0 atom stereocenters. The number of halogens is 1. The largest absolute Gasteiger partial charge is 0.388 e. The Bertz CT molecular complexity index is 308. The summed E-state index contributed by atoms with van der Waals surface area (Å²) in [5, 5.41) is 9.78. The zero-order valence-electron chi connectivity index (χ0n) is 7.52. The maximum Gasteiger partial charge on any atom is 0.185 e. The first-order valence-electron chi connectivity index (χ1n) is 4.43.